The lowest BCUT2D eigenvalue weighted by atomic mass is 9.97. The number of methoxy groups -OCH3 is 1. The molecular formula is C23H25N2O2+. The summed E-state index contributed by atoms with van der Waals surface area (Å²) in [6.45, 7) is 0.353. The predicted octanol–water partition coefficient (Wildman–Crippen LogP) is 2.94. The smallest absolute Gasteiger partial charge is 0.279 e. The first-order valence-electron chi connectivity index (χ1n) is 9.03. The van der Waals surface area contributed by atoms with E-state index in [4.69, 9.17) is 4.74 Å². The average molecular weight is 361 g/mol. The minimum absolute atomic E-state index is 0.0300. The molecule has 1 amide bonds. The van der Waals surface area contributed by atoms with Crippen molar-refractivity contribution < 1.29 is 14.4 Å². The molecule has 0 aromatic heterocycles. The number of ether oxygens (including phenoxy) is 1. The molecule has 3 aromatic rings. The Bertz CT molecular complexity index is 826. The second kappa shape index (κ2) is 9.01. The van der Waals surface area contributed by atoms with Crippen LogP contribution in [-0.4, -0.2) is 26.6 Å². The second-order valence-electron chi connectivity index (χ2n) is 6.56. The largest absolute Gasteiger partial charge is 0.497 e. The molecule has 27 heavy (non-hydrogen) atoms. The van der Waals surface area contributed by atoms with Crippen molar-refractivity contribution in [2.24, 2.45) is 0 Å². The number of rotatable bonds is 7. The zero-order chi connectivity index (χ0) is 19.1. The van der Waals surface area contributed by atoms with E-state index in [1.807, 2.05) is 60.7 Å². The van der Waals surface area contributed by atoms with Gasteiger partial charge < -0.3 is 15.0 Å². The van der Waals surface area contributed by atoms with Gasteiger partial charge in [-0.05, 0) is 12.1 Å². The Morgan fingerprint density at radius 2 is 1.52 bits per heavy atom. The first-order chi connectivity index (χ1) is 13.2. The molecule has 0 saturated carbocycles. The van der Waals surface area contributed by atoms with Gasteiger partial charge in [-0.1, -0.05) is 66.7 Å². The number of quaternary nitrogens is 1. The molecule has 0 saturated heterocycles. The van der Waals surface area contributed by atoms with Crippen molar-refractivity contribution in [2.75, 3.05) is 26.0 Å². The first-order valence-corrected chi connectivity index (χ1v) is 9.03. The summed E-state index contributed by atoms with van der Waals surface area (Å²) in [4.78, 5) is 13.7. The van der Waals surface area contributed by atoms with Crippen molar-refractivity contribution in [1.29, 1.82) is 0 Å². The summed E-state index contributed by atoms with van der Waals surface area (Å²) >= 11 is 0. The van der Waals surface area contributed by atoms with Crippen LogP contribution in [0, 0.1) is 0 Å². The topological polar surface area (TPSA) is 42.8 Å². The molecule has 138 valence electrons. The molecule has 4 heteroatoms. The van der Waals surface area contributed by atoms with Crippen LogP contribution in [0.1, 0.15) is 17.2 Å². The zero-order valence-electron chi connectivity index (χ0n) is 15.7. The van der Waals surface area contributed by atoms with Crippen LogP contribution < -0.4 is 15.0 Å². The Morgan fingerprint density at radius 1 is 0.926 bits per heavy atom. The minimum Gasteiger partial charge on any atom is -0.497 e. The van der Waals surface area contributed by atoms with Gasteiger partial charge in [-0.2, -0.15) is 0 Å². The van der Waals surface area contributed by atoms with E-state index in [1.54, 1.807) is 7.11 Å². The molecule has 0 fully saturated rings. The van der Waals surface area contributed by atoms with Gasteiger partial charge in [-0.25, -0.2) is 0 Å². The van der Waals surface area contributed by atoms with Gasteiger partial charge in [0.1, 0.15) is 11.8 Å². The van der Waals surface area contributed by atoms with E-state index in [1.165, 1.54) is 11.1 Å². The van der Waals surface area contributed by atoms with Crippen molar-refractivity contribution in [3.05, 3.63) is 96.1 Å². The average Bonchev–Trinajstić information content (AvgIpc) is 2.70. The number of amides is 1. The summed E-state index contributed by atoms with van der Waals surface area (Å²) in [5, 5.41) is 2.97. The number of benzene rings is 3. The number of hydrogen-bond acceptors (Lipinski definition) is 2. The van der Waals surface area contributed by atoms with E-state index in [0.717, 1.165) is 16.3 Å². The zero-order valence-corrected chi connectivity index (χ0v) is 15.7. The maximum atomic E-state index is 12.6. The van der Waals surface area contributed by atoms with Crippen molar-refractivity contribution >= 4 is 11.6 Å². The van der Waals surface area contributed by atoms with Crippen LogP contribution in [0.4, 0.5) is 5.69 Å². The van der Waals surface area contributed by atoms with Crippen LogP contribution in [0.25, 0.3) is 0 Å². The van der Waals surface area contributed by atoms with Crippen molar-refractivity contribution in [3.63, 3.8) is 0 Å². The number of hydrogen-bond donors (Lipinski definition) is 2. The summed E-state index contributed by atoms with van der Waals surface area (Å²) in [6.07, 6.45) is 0. The highest BCUT2D eigenvalue weighted by Crippen LogP contribution is 2.19. The quantitative estimate of drug-likeness (QED) is 0.679. The van der Waals surface area contributed by atoms with E-state index >= 15 is 0 Å². The highest BCUT2D eigenvalue weighted by atomic mass is 16.5. The number of nitrogens with one attached hydrogen (secondary N) is 2. The lowest BCUT2D eigenvalue weighted by Gasteiger charge is -2.25. The highest BCUT2D eigenvalue weighted by molar-refractivity contribution is 5.91. The van der Waals surface area contributed by atoms with Crippen molar-refractivity contribution in [1.82, 2.24) is 0 Å². The third-order valence-corrected chi connectivity index (χ3v) is 4.55. The molecule has 0 bridgehead atoms. The molecule has 0 aliphatic rings. The molecule has 0 aliphatic carbocycles. The van der Waals surface area contributed by atoms with Crippen LogP contribution in [0.3, 0.4) is 0 Å². The van der Waals surface area contributed by atoms with E-state index in [-0.39, 0.29) is 11.9 Å². The predicted molar refractivity (Wildman–Crippen MR) is 108 cm³/mol. The van der Waals surface area contributed by atoms with Gasteiger partial charge in [-0.15, -0.1) is 0 Å². The van der Waals surface area contributed by atoms with Crippen LogP contribution in [-0.2, 0) is 4.79 Å². The van der Waals surface area contributed by atoms with Crippen molar-refractivity contribution in [2.45, 2.75) is 6.04 Å². The highest BCUT2D eigenvalue weighted by Gasteiger charge is 2.24. The third kappa shape index (κ3) is 4.96. The van der Waals surface area contributed by atoms with Crippen LogP contribution in [0.2, 0.25) is 0 Å². The molecule has 4 nitrogen and oxygen atoms in total. The Kier molecular flexibility index (Phi) is 6.23. The number of likely N-dealkylation sites (N-methyl/N-ethyl adjacent to an activating group) is 1. The lowest BCUT2D eigenvalue weighted by molar-refractivity contribution is -0.897. The molecule has 2 N–H and O–H groups in total. The summed E-state index contributed by atoms with van der Waals surface area (Å²) < 4.78 is 5.21. The Morgan fingerprint density at radius 3 is 2.07 bits per heavy atom. The monoisotopic (exact) mass is 361 g/mol. The SMILES string of the molecule is COc1cccc(NC(=O)C[NH+](C)C(c2ccccc2)c2ccccc2)c1. The van der Waals surface area contributed by atoms with Crippen LogP contribution in [0.5, 0.6) is 5.75 Å². The van der Waals surface area contributed by atoms with E-state index in [9.17, 15) is 4.79 Å². The molecule has 3 rings (SSSR count). The van der Waals surface area contributed by atoms with Crippen LogP contribution in [0.15, 0.2) is 84.9 Å². The number of carbonyl (C=O) groups excluding carboxylic acids is 1. The number of carbonyl (C=O) groups is 1. The Hall–Kier alpha value is -3.11. The normalized spacial score (nSPS) is 11.8. The maximum absolute atomic E-state index is 12.6. The second-order valence-corrected chi connectivity index (χ2v) is 6.56. The van der Waals surface area contributed by atoms with Gasteiger partial charge in [0, 0.05) is 22.9 Å². The summed E-state index contributed by atoms with van der Waals surface area (Å²) in [5.74, 6) is 0.692. The van der Waals surface area contributed by atoms with Gasteiger partial charge in [0.25, 0.3) is 5.91 Å². The molecule has 0 spiro atoms. The van der Waals surface area contributed by atoms with E-state index < -0.39 is 0 Å². The molecular weight excluding hydrogens is 336 g/mol. The fourth-order valence-corrected chi connectivity index (χ4v) is 3.31. The maximum Gasteiger partial charge on any atom is 0.279 e. The third-order valence-electron chi connectivity index (χ3n) is 4.55. The fraction of sp³-hybridized carbons (Fsp3) is 0.174. The fourth-order valence-electron chi connectivity index (χ4n) is 3.31. The molecule has 0 aliphatic heterocycles. The standard InChI is InChI=1S/C23H24N2O2/c1-25(17-22(26)24-20-14-9-15-21(16-20)27-2)23(18-10-5-3-6-11-18)19-12-7-4-8-13-19/h3-16,23H,17H2,1-2H3,(H,24,26)/p+1. The van der Waals surface area contributed by atoms with Gasteiger partial charge in [0.15, 0.2) is 6.54 Å². The first kappa shape index (κ1) is 18.7. The van der Waals surface area contributed by atoms with Crippen LogP contribution >= 0.6 is 0 Å². The number of anilines is 1. The summed E-state index contributed by atoms with van der Waals surface area (Å²) in [7, 11) is 3.67. The molecule has 1 atom stereocenters. The Labute approximate surface area is 160 Å². The van der Waals surface area contributed by atoms with Gasteiger partial charge in [-0.3, -0.25) is 4.79 Å². The van der Waals surface area contributed by atoms with Gasteiger partial charge >= 0.3 is 0 Å². The van der Waals surface area contributed by atoms with E-state index in [2.05, 4.69) is 36.6 Å². The summed E-state index contributed by atoms with van der Waals surface area (Å²) in [6, 6.07) is 28.1. The summed E-state index contributed by atoms with van der Waals surface area (Å²) in [5.41, 5.74) is 3.12. The van der Waals surface area contributed by atoms with Gasteiger partial charge in [0.2, 0.25) is 0 Å². The molecule has 0 radical (unpaired) electrons. The molecule has 0 heterocycles. The molecule has 3 aromatic carbocycles. The molecule has 1 unspecified atom stereocenters. The minimum atomic E-state index is -0.0300. The Balaban J connectivity index is 1.76. The lowest BCUT2D eigenvalue weighted by Crippen LogP contribution is -3.10. The van der Waals surface area contributed by atoms with E-state index in [0.29, 0.717) is 6.54 Å². The van der Waals surface area contributed by atoms with Gasteiger partial charge in [0.05, 0.1) is 14.2 Å². The van der Waals surface area contributed by atoms with Crippen molar-refractivity contribution in [3.8, 4) is 5.75 Å².